The number of aryl methyl sites for hydroxylation is 1. The molecule has 7 nitrogen and oxygen atoms in total. The van der Waals surface area contributed by atoms with Crippen molar-refractivity contribution in [2.24, 2.45) is 0 Å². The lowest BCUT2D eigenvalue weighted by Crippen LogP contribution is -2.22. The Morgan fingerprint density at radius 3 is 2.65 bits per heavy atom. The van der Waals surface area contributed by atoms with Crippen LogP contribution >= 0.6 is 0 Å². The van der Waals surface area contributed by atoms with Gasteiger partial charge in [-0.1, -0.05) is 12.1 Å². The predicted molar refractivity (Wildman–Crippen MR) is 96.8 cm³/mol. The summed E-state index contributed by atoms with van der Waals surface area (Å²) >= 11 is 0. The van der Waals surface area contributed by atoms with Crippen LogP contribution in [-0.2, 0) is 21.2 Å². The Labute approximate surface area is 152 Å². The summed E-state index contributed by atoms with van der Waals surface area (Å²) in [5.74, 6) is 1.20. The molecular formula is C18H20N2O5S. The molecule has 1 amide bonds. The minimum absolute atomic E-state index is 0.135. The van der Waals surface area contributed by atoms with Crippen molar-refractivity contribution in [2.75, 3.05) is 26.2 Å². The highest BCUT2D eigenvalue weighted by atomic mass is 32.2. The van der Waals surface area contributed by atoms with Gasteiger partial charge in [0, 0.05) is 26.2 Å². The Hall–Kier alpha value is -2.58. The SMILES string of the molecule is CN(C)S(=O)(=O)c1cccc(NC(=O)CCc2ccc3c(c2)OCO3)c1. The number of nitrogens with zero attached hydrogens (tertiary/aromatic N) is 1. The maximum absolute atomic E-state index is 12.2. The molecule has 0 aromatic heterocycles. The Balaban J connectivity index is 1.62. The molecule has 0 saturated carbocycles. The van der Waals surface area contributed by atoms with Crippen LogP contribution in [0, 0.1) is 0 Å². The van der Waals surface area contributed by atoms with Gasteiger partial charge in [-0.25, -0.2) is 12.7 Å². The summed E-state index contributed by atoms with van der Waals surface area (Å²) < 4.78 is 36.0. The van der Waals surface area contributed by atoms with Crippen LogP contribution in [0.2, 0.25) is 0 Å². The monoisotopic (exact) mass is 376 g/mol. The number of rotatable bonds is 6. The molecule has 138 valence electrons. The molecule has 0 unspecified atom stereocenters. The van der Waals surface area contributed by atoms with E-state index < -0.39 is 10.0 Å². The number of carbonyl (C=O) groups is 1. The third-order valence-corrected chi connectivity index (χ3v) is 5.79. The summed E-state index contributed by atoms with van der Waals surface area (Å²) in [6.45, 7) is 0.214. The lowest BCUT2D eigenvalue weighted by Gasteiger charge is -2.12. The van der Waals surface area contributed by atoms with Crippen LogP contribution in [0.4, 0.5) is 5.69 Å². The second-order valence-electron chi connectivity index (χ2n) is 6.05. The number of benzene rings is 2. The van der Waals surface area contributed by atoms with E-state index in [-0.39, 0.29) is 24.0 Å². The fraction of sp³-hybridized carbons (Fsp3) is 0.278. The lowest BCUT2D eigenvalue weighted by atomic mass is 10.1. The van der Waals surface area contributed by atoms with Gasteiger partial charge in [-0.2, -0.15) is 0 Å². The van der Waals surface area contributed by atoms with Gasteiger partial charge < -0.3 is 14.8 Å². The van der Waals surface area contributed by atoms with Crippen LogP contribution in [0.25, 0.3) is 0 Å². The first-order valence-electron chi connectivity index (χ1n) is 8.07. The molecule has 0 radical (unpaired) electrons. The number of hydrogen-bond donors (Lipinski definition) is 1. The summed E-state index contributed by atoms with van der Waals surface area (Å²) in [7, 11) is -0.612. The third-order valence-electron chi connectivity index (χ3n) is 3.97. The summed E-state index contributed by atoms with van der Waals surface area (Å²) in [5.41, 5.74) is 1.41. The minimum atomic E-state index is -3.54. The normalized spacial score (nSPS) is 13.0. The third kappa shape index (κ3) is 3.97. The maximum Gasteiger partial charge on any atom is 0.242 e. The number of anilines is 1. The summed E-state index contributed by atoms with van der Waals surface area (Å²) in [6.07, 6.45) is 0.808. The number of ether oxygens (including phenoxy) is 2. The topological polar surface area (TPSA) is 84.9 Å². The van der Waals surface area contributed by atoms with E-state index in [0.29, 0.717) is 23.6 Å². The smallest absolute Gasteiger partial charge is 0.242 e. The fourth-order valence-electron chi connectivity index (χ4n) is 2.52. The van der Waals surface area contributed by atoms with Crippen molar-refractivity contribution < 1.29 is 22.7 Å². The van der Waals surface area contributed by atoms with Crippen LogP contribution in [0.15, 0.2) is 47.4 Å². The zero-order chi connectivity index (χ0) is 18.7. The molecule has 1 aliphatic rings. The lowest BCUT2D eigenvalue weighted by molar-refractivity contribution is -0.116. The highest BCUT2D eigenvalue weighted by Crippen LogP contribution is 2.32. The molecule has 2 aromatic carbocycles. The molecule has 0 aliphatic carbocycles. The average Bonchev–Trinajstić information content (AvgIpc) is 3.08. The van der Waals surface area contributed by atoms with Gasteiger partial charge in [0.05, 0.1) is 4.90 Å². The highest BCUT2D eigenvalue weighted by molar-refractivity contribution is 7.89. The average molecular weight is 376 g/mol. The molecule has 1 N–H and O–H groups in total. The molecule has 8 heteroatoms. The largest absolute Gasteiger partial charge is 0.454 e. The molecule has 0 spiro atoms. The summed E-state index contributed by atoms with van der Waals surface area (Å²) in [4.78, 5) is 12.3. The van der Waals surface area contributed by atoms with Crippen molar-refractivity contribution in [3.05, 3.63) is 48.0 Å². The van der Waals surface area contributed by atoms with Gasteiger partial charge in [0.15, 0.2) is 11.5 Å². The standard InChI is InChI=1S/C18H20N2O5S/c1-20(2)26(22,23)15-5-3-4-14(11-15)19-18(21)9-7-13-6-8-16-17(10-13)25-12-24-16/h3-6,8,10-11H,7,9,12H2,1-2H3,(H,19,21). The molecule has 0 saturated heterocycles. The van der Waals surface area contributed by atoms with E-state index in [1.165, 1.54) is 26.2 Å². The van der Waals surface area contributed by atoms with Crippen LogP contribution in [0.3, 0.4) is 0 Å². The molecule has 0 fully saturated rings. The zero-order valence-electron chi connectivity index (χ0n) is 14.6. The summed E-state index contributed by atoms with van der Waals surface area (Å²) in [6, 6.07) is 11.8. The van der Waals surface area contributed by atoms with Crippen molar-refractivity contribution in [1.82, 2.24) is 4.31 Å². The number of amides is 1. The Bertz CT molecular complexity index is 925. The first-order valence-corrected chi connectivity index (χ1v) is 9.51. The molecule has 26 heavy (non-hydrogen) atoms. The Kier molecular flexibility index (Phi) is 5.15. The van der Waals surface area contributed by atoms with E-state index in [4.69, 9.17) is 9.47 Å². The van der Waals surface area contributed by atoms with Gasteiger partial charge in [0.1, 0.15) is 0 Å². The highest BCUT2D eigenvalue weighted by Gasteiger charge is 2.18. The quantitative estimate of drug-likeness (QED) is 0.836. The van der Waals surface area contributed by atoms with Crippen molar-refractivity contribution in [2.45, 2.75) is 17.7 Å². The van der Waals surface area contributed by atoms with E-state index in [1.54, 1.807) is 12.1 Å². The molecule has 2 aromatic rings. The Morgan fingerprint density at radius 2 is 1.88 bits per heavy atom. The number of carbonyl (C=O) groups excluding carboxylic acids is 1. The molecule has 0 atom stereocenters. The first kappa shape index (κ1) is 18.2. The van der Waals surface area contributed by atoms with Crippen molar-refractivity contribution >= 4 is 21.6 Å². The second kappa shape index (κ2) is 7.35. The van der Waals surface area contributed by atoms with Gasteiger partial charge in [-0.05, 0) is 42.3 Å². The van der Waals surface area contributed by atoms with Gasteiger partial charge in [0.25, 0.3) is 0 Å². The van der Waals surface area contributed by atoms with Crippen molar-refractivity contribution in [1.29, 1.82) is 0 Å². The summed E-state index contributed by atoms with van der Waals surface area (Å²) in [5, 5.41) is 2.74. The van der Waals surface area contributed by atoms with E-state index in [1.807, 2.05) is 18.2 Å². The first-order chi connectivity index (χ1) is 12.4. The van der Waals surface area contributed by atoms with Gasteiger partial charge in [0.2, 0.25) is 22.7 Å². The second-order valence-corrected chi connectivity index (χ2v) is 8.20. The van der Waals surface area contributed by atoms with Gasteiger partial charge in [-0.15, -0.1) is 0 Å². The van der Waals surface area contributed by atoms with Crippen molar-refractivity contribution in [3.8, 4) is 11.5 Å². The Morgan fingerprint density at radius 1 is 1.12 bits per heavy atom. The molecule has 1 aliphatic heterocycles. The van der Waals surface area contributed by atoms with E-state index >= 15 is 0 Å². The molecule has 1 heterocycles. The van der Waals surface area contributed by atoms with Crippen LogP contribution in [0.5, 0.6) is 11.5 Å². The number of nitrogens with one attached hydrogen (secondary N) is 1. The number of hydrogen-bond acceptors (Lipinski definition) is 5. The van der Waals surface area contributed by atoms with Gasteiger partial charge >= 0.3 is 0 Å². The number of fused-ring (bicyclic) bond motifs is 1. The van der Waals surface area contributed by atoms with Crippen molar-refractivity contribution in [3.63, 3.8) is 0 Å². The van der Waals surface area contributed by atoms with E-state index in [2.05, 4.69) is 5.32 Å². The van der Waals surface area contributed by atoms with E-state index in [9.17, 15) is 13.2 Å². The number of sulfonamides is 1. The van der Waals surface area contributed by atoms with Crippen LogP contribution in [-0.4, -0.2) is 39.5 Å². The fourth-order valence-corrected chi connectivity index (χ4v) is 3.47. The molecular weight excluding hydrogens is 356 g/mol. The molecule has 0 bridgehead atoms. The molecule has 3 rings (SSSR count). The van der Waals surface area contributed by atoms with Crippen LogP contribution < -0.4 is 14.8 Å². The van der Waals surface area contributed by atoms with E-state index in [0.717, 1.165) is 9.87 Å². The minimum Gasteiger partial charge on any atom is -0.454 e. The maximum atomic E-state index is 12.2. The van der Waals surface area contributed by atoms with Gasteiger partial charge in [-0.3, -0.25) is 4.79 Å². The van der Waals surface area contributed by atoms with Crippen LogP contribution in [0.1, 0.15) is 12.0 Å². The zero-order valence-corrected chi connectivity index (χ0v) is 15.4. The predicted octanol–water partition coefficient (Wildman–Crippen LogP) is 2.24.